The van der Waals surface area contributed by atoms with Crippen molar-refractivity contribution in [2.24, 2.45) is 5.92 Å². The summed E-state index contributed by atoms with van der Waals surface area (Å²) in [4.78, 5) is 0.243. The lowest BCUT2D eigenvalue weighted by molar-refractivity contribution is 0.261. The highest BCUT2D eigenvalue weighted by Gasteiger charge is 2.32. The van der Waals surface area contributed by atoms with Gasteiger partial charge in [0.15, 0.2) is 4.67 Å². The van der Waals surface area contributed by atoms with E-state index in [4.69, 9.17) is 4.42 Å². The molecule has 5 nitrogen and oxygen atoms in total. The van der Waals surface area contributed by atoms with Crippen LogP contribution in [0.1, 0.15) is 38.9 Å². The average Bonchev–Trinajstić information content (AvgIpc) is 2.87. The molecule has 0 saturated carbocycles. The summed E-state index contributed by atoms with van der Waals surface area (Å²) >= 11 is 3.24. The van der Waals surface area contributed by atoms with Crippen LogP contribution in [0, 0.1) is 5.92 Å². The van der Waals surface area contributed by atoms with Crippen LogP contribution in [0.2, 0.25) is 0 Å². The highest BCUT2D eigenvalue weighted by Crippen LogP contribution is 2.31. The monoisotopic (exact) mass is 378 g/mol. The summed E-state index contributed by atoms with van der Waals surface area (Å²) in [6, 6.07) is 1.62. The van der Waals surface area contributed by atoms with E-state index in [1.54, 1.807) is 10.4 Å². The summed E-state index contributed by atoms with van der Waals surface area (Å²) in [5, 5.41) is 3.13. The number of nitrogens with one attached hydrogen (secondary N) is 1. The van der Waals surface area contributed by atoms with E-state index in [0.29, 0.717) is 36.0 Å². The van der Waals surface area contributed by atoms with E-state index in [0.717, 1.165) is 25.8 Å². The maximum absolute atomic E-state index is 12.8. The third kappa shape index (κ3) is 3.88. The summed E-state index contributed by atoms with van der Waals surface area (Å²) in [7, 11) is -3.47. The molecule has 1 aromatic heterocycles. The fourth-order valence-corrected chi connectivity index (χ4v) is 5.14. The van der Waals surface area contributed by atoms with Gasteiger partial charge in [0.05, 0.1) is 6.54 Å². The molecule has 1 fully saturated rings. The third-order valence-electron chi connectivity index (χ3n) is 3.93. The zero-order chi connectivity index (χ0) is 15.5. The van der Waals surface area contributed by atoms with Gasteiger partial charge < -0.3 is 9.73 Å². The maximum Gasteiger partial charge on any atom is 0.247 e. The van der Waals surface area contributed by atoms with Crippen LogP contribution < -0.4 is 5.32 Å². The average molecular weight is 379 g/mol. The molecule has 2 heterocycles. The van der Waals surface area contributed by atoms with E-state index in [2.05, 4.69) is 28.2 Å². The number of rotatable bonds is 6. The van der Waals surface area contributed by atoms with Crippen LogP contribution in [0.3, 0.4) is 0 Å². The fourth-order valence-electron chi connectivity index (χ4n) is 2.63. The summed E-state index contributed by atoms with van der Waals surface area (Å²) in [6.07, 6.45) is 3.06. The zero-order valence-corrected chi connectivity index (χ0v) is 15.0. The molecule has 7 heteroatoms. The van der Waals surface area contributed by atoms with Crippen molar-refractivity contribution in [3.05, 3.63) is 16.5 Å². The van der Waals surface area contributed by atoms with Crippen molar-refractivity contribution < 1.29 is 12.8 Å². The van der Waals surface area contributed by atoms with E-state index in [1.165, 1.54) is 0 Å². The predicted molar refractivity (Wildman–Crippen MR) is 85.6 cm³/mol. The highest BCUT2D eigenvalue weighted by atomic mass is 79.9. The van der Waals surface area contributed by atoms with E-state index in [9.17, 15) is 8.42 Å². The molecule has 0 aromatic carbocycles. The topological polar surface area (TPSA) is 62.6 Å². The summed E-state index contributed by atoms with van der Waals surface area (Å²) in [5.74, 6) is 1.09. The van der Waals surface area contributed by atoms with Gasteiger partial charge in [0.2, 0.25) is 10.0 Å². The largest absolute Gasteiger partial charge is 0.452 e. The fraction of sp³-hybridized carbons (Fsp3) is 0.714. The SMILES string of the molecule is CCNCc1cc(S(=O)(=O)N2CCCC(CC)C2)c(Br)o1. The first kappa shape index (κ1) is 17.0. The van der Waals surface area contributed by atoms with Crippen LogP contribution in [0.4, 0.5) is 0 Å². The summed E-state index contributed by atoms with van der Waals surface area (Å²) in [6.45, 7) is 6.66. The number of sulfonamides is 1. The maximum atomic E-state index is 12.8. The van der Waals surface area contributed by atoms with Crippen LogP contribution in [-0.4, -0.2) is 32.4 Å². The van der Waals surface area contributed by atoms with Crippen LogP contribution in [0.25, 0.3) is 0 Å². The molecule has 1 saturated heterocycles. The second-order valence-corrected chi connectivity index (χ2v) is 8.04. The second-order valence-electron chi connectivity index (χ2n) is 5.41. The molecule has 1 N–H and O–H groups in total. The Kier molecular flexibility index (Phi) is 5.88. The lowest BCUT2D eigenvalue weighted by Crippen LogP contribution is -2.39. The van der Waals surface area contributed by atoms with Crippen molar-refractivity contribution in [3.8, 4) is 0 Å². The van der Waals surface area contributed by atoms with Crippen molar-refractivity contribution in [2.45, 2.75) is 44.6 Å². The molecule has 0 radical (unpaired) electrons. The van der Waals surface area contributed by atoms with Gasteiger partial charge in [0.1, 0.15) is 10.7 Å². The molecule has 0 spiro atoms. The van der Waals surface area contributed by atoms with Crippen LogP contribution in [0.15, 0.2) is 20.0 Å². The second kappa shape index (κ2) is 7.26. The minimum absolute atomic E-state index is 0.243. The Labute approximate surface area is 135 Å². The summed E-state index contributed by atoms with van der Waals surface area (Å²) in [5.41, 5.74) is 0. The number of halogens is 1. The molecule has 2 rings (SSSR count). The Balaban J connectivity index is 2.20. The molecule has 0 aliphatic carbocycles. The van der Waals surface area contributed by atoms with E-state index < -0.39 is 10.0 Å². The molecule has 1 atom stereocenters. The molecular weight excluding hydrogens is 356 g/mol. The molecule has 1 aliphatic heterocycles. The van der Waals surface area contributed by atoms with Gasteiger partial charge in [-0.3, -0.25) is 0 Å². The molecule has 21 heavy (non-hydrogen) atoms. The molecule has 0 amide bonds. The standard InChI is InChI=1S/C14H23BrN2O3S/c1-3-11-6-5-7-17(10-11)21(18,19)13-8-12(9-16-4-2)20-14(13)15/h8,11,16H,3-7,9-10H2,1-2H3. The highest BCUT2D eigenvalue weighted by molar-refractivity contribution is 9.10. The van der Waals surface area contributed by atoms with E-state index >= 15 is 0 Å². The quantitative estimate of drug-likeness (QED) is 0.826. The first-order valence-corrected chi connectivity index (χ1v) is 9.71. The Morgan fingerprint density at radius 3 is 2.90 bits per heavy atom. The number of hydrogen-bond acceptors (Lipinski definition) is 4. The van der Waals surface area contributed by atoms with Gasteiger partial charge >= 0.3 is 0 Å². The smallest absolute Gasteiger partial charge is 0.247 e. The van der Waals surface area contributed by atoms with Gasteiger partial charge in [-0.25, -0.2) is 8.42 Å². The van der Waals surface area contributed by atoms with Crippen molar-refractivity contribution in [1.82, 2.24) is 9.62 Å². The Morgan fingerprint density at radius 2 is 2.24 bits per heavy atom. The molecule has 1 aromatic rings. The minimum atomic E-state index is -3.47. The summed E-state index contributed by atoms with van der Waals surface area (Å²) < 4.78 is 32.9. The minimum Gasteiger partial charge on any atom is -0.452 e. The lowest BCUT2D eigenvalue weighted by atomic mass is 9.97. The van der Waals surface area contributed by atoms with Crippen LogP contribution in [-0.2, 0) is 16.6 Å². The van der Waals surface area contributed by atoms with Crippen LogP contribution in [0.5, 0.6) is 0 Å². The van der Waals surface area contributed by atoms with E-state index in [-0.39, 0.29) is 4.90 Å². The van der Waals surface area contributed by atoms with Crippen molar-refractivity contribution >= 4 is 26.0 Å². The van der Waals surface area contributed by atoms with Gasteiger partial charge in [-0.2, -0.15) is 4.31 Å². The first-order valence-electron chi connectivity index (χ1n) is 7.48. The number of furan rings is 1. The molecule has 0 bridgehead atoms. The third-order valence-corrected chi connectivity index (χ3v) is 6.65. The normalized spacial score (nSPS) is 20.8. The first-order chi connectivity index (χ1) is 9.98. The van der Waals surface area contributed by atoms with E-state index in [1.807, 2.05) is 6.92 Å². The number of hydrogen-bond donors (Lipinski definition) is 1. The van der Waals surface area contributed by atoms with Gasteiger partial charge in [-0.05, 0) is 41.2 Å². The number of piperidine rings is 1. The van der Waals surface area contributed by atoms with Gasteiger partial charge in [0, 0.05) is 19.2 Å². The van der Waals surface area contributed by atoms with Gasteiger partial charge in [-0.15, -0.1) is 0 Å². The van der Waals surface area contributed by atoms with Crippen LogP contribution >= 0.6 is 15.9 Å². The molecule has 1 unspecified atom stereocenters. The van der Waals surface area contributed by atoms with Gasteiger partial charge in [0.25, 0.3) is 0 Å². The molecular formula is C14H23BrN2O3S. The van der Waals surface area contributed by atoms with Crippen molar-refractivity contribution in [3.63, 3.8) is 0 Å². The Bertz CT molecular complexity index is 571. The Morgan fingerprint density at radius 1 is 1.48 bits per heavy atom. The molecule has 120 valence electrons. The predicted octanol–water partition coefficient (Wildman–Crippen LogP) is 2.96. The van der Waals surface area contributed by atoms with Crippen molar-refractivity contribution in [1.29, 1.82) is 0 Å². The van der Waals surface area contributed by atoms with Crippen molar-refractivity contribution in [2.75, 3.05) is 19.6 Å². The zero-order valence-electron chi connectivity index (χ0n) is 12.6. The number of nitrogens with zero attached hydrogens (tertiary/aromatic N) is 1. The Hall–Kier alpha value is -0.370. The molecule has 1 aliphatic rings. The van der Waals surface area contributed by atoms with Gasteiger partial charge in [-0.1, -0.05) is 20.3 Å². The lowest BCUT2D eigenvalue weighted by Gasteiger charge is -2.31.